The number of nitrogens with one attached hydrogen (secondary N) is 1. The van der Waals surface area contributed by atoms with Gasteiger partial charge in [-0.1, -0.05) is 0 Å². The number of hydrogen-bond acceptors (Lipinski definition) is 5. The minimum absolute atomic E-state index is 0.342. The lowest BCUT2D eigenvalue weighted by Crippen LogP contribution is -2.43. The van der Waals surface area contributed by atoms with Crippen molar-refractivity contribution in [1.29, 1.82) is 0 Å². The number of hydrogen-bond donors (Lipinski definition) is 2. The Bertz CT molecular complexity index is 396. The van der Waals surface area contributed by atoms with Crippen LogP contribution in [0.5, 0.6) is 0 Å². The molecule has 2 saturated heterocycles. The summed E-state index contributed by atoms with van der Waals surface area (Å²) in [7, 11) is 0. The first-order chi connectivity index (χ1) is 9.83. The van der Waals surface area contributed by atoms with Gasteiger partial charge in [-0.25, -0.2) is 0 Å². The Morgan fingerprint density at radius 2 is 2.40 bits per heavy atom. The van der Waals surface area contributed by atoms with E-state index in [0.29, 0.717) is 31.8 Å². The van der Waals surface area contributed by atoms with E-state index in [1.54, 1.807) is 6.26 Å². The van der Waals surface area contributed by atoms with Gasteiger partial charge < -0.3 is 19.6 Å². The standard InChI is InChI=1S/C15H24N2O3/c18-12(10-19-11-13-3-2-8-20-13)9-16-14-5-7-17-6-1-4-15(14)17/h2-3,8,12,14-16,18H,1,4-7,9-11H2. The van der Waals surface area contributed by atoms with Gasteiger partial charge in [0.25, 0.3) is 0 Å². The molecule has 5 heteroatoms. The van der Waals surface area contributed by atoms with Gasteiger partial charge in [-0.15, -0.1) is 0 Å². The monoisotopic (exact) mass is 280 g/mol. The molecule has 0 saturated carbocycles. The molecule has 0 radical (unpaired) electrons. The number of aliphatic hydroxyl groups is 1. The van der Waals surface area contributed by atoms with Crippen molar-refractivity contribution in [2.75, 3.05) is 26.2 Å². The highest BCUT2D eigenvalue weighted by molar-refractivity contribution is 4.96. The molecule has 3 rings (SSSR count). The second kappa shape index (κ2) is 6.72. The molecule has 0 aliphatic carbocycles. The molecule has 1 aromatic rings. The molecule has 2 fully saturated rings. The Morgan fingerprint density at radius 3 is 3.25 bits per heavy atom. The van der Waals surface area contributed by atoms with Crippen LogP contribution in [0.15, 0.2) is 22.8 Å². The summed E-state index contributed by atoms with van der Waals surface area (Å²) < 4.78 is 10.6. The molecule has 3 atom stereocenters. The summed E-state index contributed by atoms with van der Waals surface area (Å²) in [6.07, 6.45) is 4.98. The average molecular weight is 280 g/mol. The zero-order chi connectivity index (χ0) is 13.8. The Labute approximate surface area is 119 Å². The number of nitrogens with zero attached hydrogens (tertiary/aromatic N) is 1. The molecular formula is C15H24N2O3. The predicted molar refractivity (Wildman–Crippen MR) is 75.4 cm³/mol. The van der Waals surface area contributed by atoms with Crippen molar-refractivity contribution in [1.82, 2.24) is 10.2 Å². The van der Waals surface area contributed by atoms with E-state index in [4.69, 9.17) is 9.15 Å². The van der Waals surface area contributed by atoms with Gasteiger partial charge in [-0.2, -0.15) is 0 Å². The van der Waals surface area contributed by atoms with Crippen LogP contribution in [0, 0.1) is 0 Å². The van der Waals surface area contributed by atoms with Crippen LogP contribution in [0.4, 0.5) is 0 Å². The highest BCUT2D eigenvalue weighted by atomic mass is 16.5. The van der Waals surface area contributed by atoms with E-state index in [0.717, 1.165) is 5.76 Å². The molecule has 1 aromatic heterocycles. The van der Waals surface area contributed by atoms with Crippen LogP contribution in [0.3, 0.4) is 0 Å². The van der Waals surface area contributed by atoms with Crippen LogP contribution in [0.25, 0.3) is 0 Å². The lowest BCUT2D eigenvalue weighted by atomic mass is 10.1. The number of fused-ring (bicyclic) bond motifs is 1. The molecule has 3 heterocycles. The van der Waals surface area contributed by atoms with E-state index < -0.39 is 6.10 Å². The van der Waals surface area contributed by atoms with E-state index in [9.17, 15) is 5.11 Å². The maximum atomic E-state index is 9.95. The van der Waals surface area contributed by atoms with Crippen molar-refractivity contribution < 1.29 is 14.3 Å². The van der Waals surface area contributed by atoms with Gasteiger partial charge in [-0.05, 0) is 37.9 Å². The van der Waals surface area contributed by atoms with E-state index in [2.05, 4.69) is 10.2 Å². The highest BCUT2D eigenvalue weighted by Crippen LogP contribution is 2.27. The quantitative estimate of drug-likeness (QED) is 0.780. The third-order valence-corrected chi connectivity index (χ3v) is 4.36. The Kier molecular flexibility index (Phi) is 4.73. The molecule has 2 aliphatic heterocycles. The number of rotatable bonds is 7. The van der Waals surface area contributed by atoms with Gasteiger partial charge in [-0.3, -0.25) is 4.90 Å². The molecule has 5 nitrogen and oxygen atoms in total. The first-order valence-electron chi connectivity index (χ1n) is 7.58. The first-order valence-corrected chi connectivity index (χ1v) is 7.58. The third kappa shape index (κ3) is 3.41. The Morgan fingerprint density at radius 1 is 1.45 bits per heavy atom. The molecule has 0 amide bonds. The fourth-order valence-corrected chi connectivity index (χ4v) is 3.36. The van der Waals surface area contributed by atoms with Crippen LogP contribution in [0.1, 0.15) is 25.0 Å². The van der Waals surface area contributed by atoms with E-state index in [-0.39, 0.29) is 0 Å². The summed E-state index contributed by atoms with van der Waals surface area (Å²) in [5, 5.41) is 13.4. The minimum atomic E-state index is -0.458. The lowest BCUT2D eigenvalue weighted by molar-refractivity contribution is 0.0212. The van der Waals surface area contributed by atoms with Crippen LogP contribution in [0.2, 0.25) is 0 Å². The normalized spacial score (nSPS) is 27.9. The van der Waals surface area contributed by atoms with Crippen molar-refractivity contribution in [3.63, 3.8) is 0 Å². The zero-order valence-electron chi connectivity index (χ0n) is 11.8. The third-order valence-electron chi connectivity index (χ3n) is 4.36. The van der Waals surface area contributed by atoms with Gasteiger partial charge in [0, 0.05) is 25.2 Å². The zero-order valence-corrected chi connectivity index (χ0v) is 11.8. The summed E-state index contributed by atoms with van der Waals surface area (Å²) in [6.45, 7) is 3.82. The fourth-order valence-electron chi connectivity index (χ4n) is 3.36. The Hall–Kier alpha value is -0.880. The Balaban J connectivity index is 1.32. The summed E-state index contributed by atoms with van der Waals surface area (Å²) in [5.74, 6) is 0.794. The van der Waals surface area contributed by atoms with Gasteiger partial charge in [0.05, 0.1) is 19.0 Å². The van der Waals surface area contributed by atoms with Crippen molar-refractivity contribution >= 4 is 0 Å². The van der Waals surface area contributed by atoms with Crippen LogP contribution < -0.4 is 5.32 Å². The van der Waals surface area contributed by atoms with Gasteiger partial charge in [0.1, 0.15) is 12.4 Å². The molecule has 112 valence electrons. The fraction of sp³-hybridized carbons (Fsp3) is 0.733. The maximum absolute atomic E-state index is 9.95. The lowest BCUT2D eigenvalue weighted by Gasteiger charge is -2.22. The maximum Gasteiger partial charge on any atom is 0.129 e. The molecule has 20 heavy (non-hydrogen) atoms. The molecular weight excluding hydrogens is 256 g/mol. The van der Waals surface area contributed by atoms with E-state index in [1.807, 2.05) is 12.1 Å². The number of furan rings is 1. The smallest absolute Gasteiger partial charge is 0.129 e. The van der Waals surface area contributed by atoms with Crippen molar-refractivity contribution in [2.24, 2.45) is 0 Å². The number of ether oxygens (including phenoxy) is 1. The van der Waals surface area contributed by atoms with Gasteiger partial charge in [0.15, 0.2) is 0 Å². The molecule has 2 aliphatic rings. The topological polar surface area (TPSA) is 57.9 Å². The second-order valence-electron chi connectivity index (χ2n) is 5.80. The molecule has 0 spiro atoms. The SMILES string of the molecule is OC(CNC1CCN2CCCC12)COCc1ccco1. The molecule has 0 aromatic carbocycles. The number of aliphatic hydroxyl groups excluding tert-OH is 1. The summed E-state index contributed by atoms with van der Waals surface area (Å²) >= 11 is 0. The molecule has 2 N–H and O–H groups in total. The summed E-state index contributed by atoms with van der Waals surface area (Å²) in [5.41, 5.74) is 0. The van der Waals surface area contributed by atoms with Gasteiger partial charge >= 0.3 is 0 Å². The minimum Gasteiger partial charge on any atom is -0.467 e. The van der Waals surface area contributed by atoms with Crippen molar-refractivity contribution in [3.05, 3.63) is 24.2 Å². The van der Waals surface area contributed by atoms with Crippen LogP contribution in [-0.2, 0) is 11.3 Å². The first kappa shape index (κ1) is 14.1. The van der Waals surface area contributed by atoms with Crippen LogP contribution >= 0.6 is 0 Å². The van der Waals surface area contributed by atoms with Crippen molar-refractivity contribution in [2.45, 2.75) is 44.1 Å². The largest absolute Gasteiger partial charge is 0.467 e. The van der Waals surface area contributed by atoms with Gasteiger partial charge in [0.2, 0.25) is 0 Å². The highest BCUT2D eigenvalue weighted by Gasteiger charge is 2.36. The average Bonchev–Trinajstić information content (AvgIpc) is 3.14. The van der Waals surface area contributed by atoms with Crippen molar-refractivity contribution in [3.8, 4) is 0 Å². The molecule has 3 unspecified atom stereocenters. The second-order valence-corrected chi connectivity index (χ2v) is 5.80. The van der Waals surface area contributed by atoms with Crippen LogP contribution in [-0.4, -0.2) is 54.4 Å². The summed E-state index contributed by atoms with van der Waals surface area (Å²) in [4.78, 5) is 2.57. The summed E-state index contributed by atoms with van der Waals surface area (Å²) in [6, 6.07) is 4.94. The molecule has 0 bridgehead atoms. The van der Waals surface area contributed by atoms with E-state index in [1.165, 1.54) is 32.4 Å². The van der Waals surface area contributed by atoms with E-state index >= 15 is 0 Å². The predicted octanol–water partition coefficient (Wildman–Crippen LogP) is 0.983.